The summed E-state index contributed by atoms with van der Waals surface area (Å²) in [4.78, 5) is 26.1. The summed E-state index contributed by atoms with van der Waals surface area (Å²) in [7, 11) is 0. The highest BCUT2D eigenvalue weighted by Gasteiger charge is 2.36. The van der Waals surface area contributed by atoms with E-state index >= 15 is 0 Å². The Kier molecular flexibility index (Phi) is 4.73. The van der Waals surface area contributed by atoms with E-state index in [4.69, 9.17) is 0 Å². The van der Waals surface area contributed by atoms with E-state index in [1.54, 1.807) is 18.3 Å². The van der Waals surface area contributed by atoms with Gasteiger partial charge in [0.1, 0.15) is 0 Å². The second-order valence-electron chi connectivity index (χ2n) is 7.07. The number of carbonyl (C=O) groups excluding carboxylic acids is 2. The first-order valence-electron chi connectivity index (χ1n) is 9.24. The number of allylic oxidation sites excluding steroid dienone is 4. The summed E-state index contributed by atoms with van der Waals surface area (Å²) < 4.78 is 1.15. The van der Waals surface area contributed by atoms with Gasteiger partial charge < -0.3 is 5.32 Å². The Labute approximate surface area is 168 Å². The molecule has 1 aliphatic heterocycles. The molecule has 2 aromatic carbocycles. The summed E-state index contributed by atoms with van der Waals surface area (Å²) in [5.74, 6) is -0.434. The maximum Gasteiger partial charge on any atom is 0.191 e. The summed E-state index contributed by atoms with van der Waals surface area (Å²) >= 11 is 1.65. The topological polar surface area (TPSA) is 46.2 Å². The van der Waals surface area contributed by atoms with E-state index in [0.29, 0.717) is 16.7 Å². The van der Waals surface area contributed by atoms with E-state index < -0.39 is 0 Å². The molecule has 140 valence electrons. The molecule has 4 rings (SSSR count). The van der Waals surface area contributed by atoms with Gasteiger partial charge in [-0.05, 0) is 43.2 Å². The van der Waals surface area contributed by atoms with Crippen LogP contribution in [0.5, 0.6) is 0 Å². The highest BCUT2D eigenvalue weighted by Crippen LogP contribution is 2.44. The molecule has 0 bridgehead atoms. The minimum Gasteiger partial charge on any atom is -0.362 e. The largest absolute Gasteiger partial charge is 0.362 e. The highest BCUT2D eigenvalue weighted by atomic mass is 32.1. The summed E-state index contributed by atoms with van der Waals surface area (Å²) in [6, 6.07) is 17.4. The maximum atomic E-state index is 13.5. The van der Waals surface area contributed by atoms with E-state index in [9.17, 15) is 9.59 Å². The van der Waals surface area contributed by atoms with Crippen LogP contribution in [-0.4, -0.2) is 11.6 Å². The molecular formula is C24H21NO2S. The lowest BCUT2D eigenvalue weighted by Crippen LogP contribution is -2.30. The second kappa shape index (κ2) is 7.21. The fourth-order valence-corrected chi connectivity index (χ4v) is 5.03. The quantitative estimate of drug-likeness (QED) is 0.592. The van der Waals surface area contributed by atoms with Gasteiger partial charge in [-0.15, -0.1) is 11.3 Å². The third-order valence-electron chi connectivity index (χ3n) is 5.24. The molecule has 28 heavy (non-hydrogen) atoms. The van der Waals surface area contributed by atoms with Crippen LogP contribution in [0.2, 0.25) is 0 Å². The molecule has 2 heterocycles. The minimum atomic E-state index is -0.373. The van der Waals surface area contributed by atoms with Crippen LogP contribution in [0.15, 0.2) is 82.5 Å². The van der Waals surface area contributed by atoms with Crippen molar-refractivity contribution in [3.63, 3.8) is 0 Å². The van der Waals surface area contributed by atoms with Gasteiger partial charge in [-0.3, -0.25) is 9.59 Å². The zero-order chi connectivity index (χ0) is 19.8. The van der Waals surface area contributed by atoms with Crippen molar-refractivity contribution in [2.24, 2.45) is 0 Å². The Balaban J connectivity index is 1.96. The van der Waals surface area contributed by atoms with E-state index in [-0.39, 0.29) is 17.5 Å². The number of dihydropyridines is 1. The molecule has 1 atom stereocenters. The van der Waals surface area contributed by atoms with Crippen molar-refractivity contribution in [1.82, 2.24) is 5.32 Å². The van der Waals surface area contributed by atoms with Crippen LogP contribution in [0, 0.1) is 0 Å². The Morgan fingerprint density at radius 1 is 0.893 bits per heavy atom. The average Bonchev–Trinajstić information content (AvgIpc) is 3.11. The van der Waals surface area contributed by atoms with Crippen molar-refractivity contribution in [2.45, 2.75) is 26.7 Å². The lowest BCUT2D eigenvalue weighted by molar-refractivity contribution is -0.113. The Morgan fingerprint density at radius 2 is 1.54 bits per heavy atom. The summed E-state index contributed by atoms with van der Waals surface area (Å²) in [6.45, 7) is 5.40. The standard InChI is InChI=1S/C24H21NO2S/c1-14-21(16(3)26)23(19-13-28-20-12-8-7-11-18(19)20)22(15(2)25-14)24(27)17-9-5-4-6-10-17/h4-13,23,25H,1-3H3. The van der Waals surface area contributed by atoms with Crippen molar-refractivity contribution < 1.29 is 9.59 Å². The smallest absolute Gasteiger partial charge is 0.191 e. The number of ketones is 2. The third-order valence-corrected chi connectivity index (χ3v) is 6.22. The zero-order valence-electron chi connectivity index (χ0n) is 16.1. The normalized spacial score (nSPS) is 17.0. The monoisotopic (exact) mass is 387 g/mol. The molecule has 3 nitrogen and oxygen atoms in total. The lowest BCUT2D eigenvalue weighted by atomic mass is 9.76. The summed E-state index contributed by atoms with van der Waals surface area (Å²) in [5.41, 5.74) is 4.57. The molecule has 0 aliphatic carbocycles. The molecule has 1 N–H and O–H groups in total. The summed E-state index contributed by atoms with van der Waals surface area (Å²) in [6.07, 6.45) is 0. The fourth-order valence-electron chi connectivity index (χ4n) is 4.04. The molecule has 3 aromatic rings. The maximum absolute atomic E-state index is 13.5. The van der Waals surface area contributed by atoms with Crippen LogP contribution in [-0.2, 0) is 4.79 Å². The van der Waals surface area contributed by atoms with Crippen LogP contribution >= 0.6 is 11.3 Å². The van der Waals surface area contributed by atoms with Crippen molar-refractivity contribution >= 4 is 33.0 Å². The highest BCUT2D eigenvalue weighted by molar-refractivity contribution is 7.17. The van der Waals surface area contributed by atoms with E-state index in [0.717, 1.165) is 27.0 Å². The number of hydrogen-bond donors (Lipinski definition) is 1. The fraction of sp³-hybridized carbons (Fsp3) is 0.167. The summed E-state index contributed by atoms with van der Waals surface area (Å²) in [5, 5.41) is 6.45. The molecular weight excluding hydrogens is 366 g/mol. The van der Waals surface area contributed by atoms with Crippen LogP contribution in [0.25, 0.3) is 10.1 Å². The number of thiophene rings is 1. The molecule has 0 radical (unpaired) electrons. The Hall–Kier alpha value is -2.98. The van der Waals surface area contributed by atoms with Gasteiger partial charge in [0, 0.05) is 38.7 Å². The SMILES string of the molecule is CC(=O)C1=C(C)NC(C)=C(C(=O)c2ccccc2)C1c1csc2ccccc12. The van der Waals surface area contributed by atoms with Gasteiger partial charge in [-0.1, -0.05) is 48.5 Å². The number of nitrogens with one attached hydrogen (secondary N) is 1. The van der Waals surface area contributed by atoms with Crippen molar-refractivity contribution in [3.8, 4) is 0 Å². The minimum absolute atomic E-state index is 0.0175. The second-order valence-corrected chi connectivity index (χ2v) is 7.99. The Morgan fingerprint density at radius 3 is 2.25 bits per heavy atom. The molecule has 4 heteroatoms. The van der Waals surface area contributed by atoms with Crippen LogP contribution in [0.3, 0.4) is 0 Å². The van der Waals surface area contributed by atoms with Crippen LogP contribution < -0.4 is 5.32 Å². The first-order chi connectivity index (χ1) is 13.5. The van der Waals surface area contributed by atoms with Gasteiger partial charge in [0.2, 0.25) is 0 Å². The van der Waals surface area contributed by atoms with Gasteiger partial charge in [-0.2, -0.15) is 0 Å². The first-order valence-corrected chi connectivity index (χ1v) is 10.1. The van der Waals surface area contributed by atoms with Crippen molar-refractivity contribution in [3.05, 3.63) is 93.6 Å². The first kappa shape index (κ1) is 18.4. The van der Waals surface area contributed by atoms with Crippen molar-refractivity contribution in [2.75, 3.05) is 0 Å². The van der Waals surface area contributed by atoms with Gasteiger partial charge in [0.15, 0.2) is 11.6 Å². The molecule has 0 saturated carbocycles. The molecule has 1 aromatic heterocycles. The van der Waals surface area contributed by atoms with E-state index in [1.165, 1.54) is 0 Å². The predicted octanol–water partition coefficient (Wildman–Crippen LogP) is 5.61. The molecule has 0 saturated heterocycles. The molecule has 0 fully saturated rings. The van der Waals surface area contributed by atoms with Gasteiger partial charge in [0.05, 0.1) is 0 Å². The molecule has 1 aliphatic rings. The number of Topliss-reactive ketones (excluding diaryl/α,β-unsaturated/α-hetero) is 2. The van der Waals surface area contributed by atoms with Gasteiger partial charge >= 0.3 is 0 Å². The number of benzene rings is 2. The predicted molar refractivity (Wildman–Crippen MR) is 115 cm³/mol. The van der Waals surface area contributed by atoms with Crippen LogP contribution in [0.4, 0.5) is 0 Å². The molecule has 0 spiro atoms. The van der Waals surface area contributed by atoms with E-state index in [2.05, 4.69) is 22.8 Å². The van der Waals surface area contributed by atoms with E-state index in [1.807, 2.05) is 56.3 Å². The van der Waals surface area contributed by atoms with Crippen molar-refractivity contribution in [1.29, 1.82) is 0 Å². The van der Waals surface area contributed by atoms with Gasteiger partial charge in [-0.25, -0.2) is 0 Å². The number of fused-ring (bicyclic) bond motifs is 1. The Bertz CT molecular complexity index is 1150. The zero-order valence-corrected chi connectivity index (χ0v) is 16.9. The van der Waals surface area contributed by atoms with Gasteiger partial charge in [0.25, 0.3) is 0 Å². The lowest BCUT2D eigenvalue weighted by Gasteiger charge is -2.30. The number of rotatable bonds is 4. The number of carbonyl (C=O) groups is 2. The molecule has 0 amide bonds. The number of hydrogen-bond acceptors (Lipinski definition) is 4. The average molecular weight is 388 g/mol. The third kappa shape index (κ3) is 3.00. The molecule has 1 unspecified atom stereocenters. The van der Waals surface area contributed by atoms with Crippen LogP contribution in [0.1, 0.15) is 42.6 Å².